The number of fused-ring (bicyclic) bond motifs is 1. The molecule has 1 aliphatic rings. The van der Waals surface area contributed by atoms with E-state index in [1.807, 2.05) is 38.2 Å². The summed E-state index contributed by atoms with van der Waals surface area (Å²) in [5.74, 6) is 0.891. The molecule has 0 fully saturated rings. The molecule has 0 aliphatic heterocycles. The summed E-state index contributed by atoms with van der Waals surface area (Å²) in [5.41, 5.74) is 4.00. The van der Waals surface area contributed by atoms with E-state index in [1.54, 1.807) is 0 Å². The predicted molar refractivity (Wildman–Crippen MR) is 109 cm³/mol. The Bertz CT molecular complexity index is 755. The number of guanidine groups is 1. The second-order valence-corrected chi connectivity index (χ2v) is 7.16. The SMILES string of the molecule is CN=C(NCCCOC1CCCc2ccccc21)N(C)Cc1cnn(C)c1. The van der Waals surface area contributed by atoms with Gasteiger partial charge in [-0.2, -0.15) is 5.10 Å². The molecular formula is C21H31N5O. The largest absolute Gasteiger partial charge is 0.373 e. The van der Waals surface area contributed by atoms with Crippen LogP contribution in [0.5, 0.6) is 0 Å². The first kappa shape index (κ1) is 19.4. The number of ether oxygens (including phenoxy) is 1. The van der Waals surface area contributed by atoms with Gasteiger partial charge in [-0.15, -0.1) is 0 Å². The van der Waals surface area contributed by atoms with Crippen molar-refractivity contribution < 1.29 is 4.74 Å². The van der Waals surface area contributed by atoms with Crippen LogP contribution in [0.3, 0.4) is 0 Å². The molecular weight excluding hydrogens is 338 g/mol. The van der Waals surface area contributed by atoms with Gasteiger partial charge in [0.15, 0.2) is 5.96 Å². The molecule has 3 rings (SSSR count). The molecule has 0 saturated heterocycles. The van der Waals surface area contributed by atoms with Gasteiger partial charge in [-0.05, 0) is 36.8 Å². The maximum Gasteiger partial charge on any atom is 0.193 e. The van der Waals surface area contributed by atoms with E-state index in [-0.39, 0.29) is 6.10 Å². The number of nitrogens with one attached hydrogen (secondary N) is 1. The van der Waals surface area contributed by atoms with Gasteiger partial charge in [0.2, 0.25) is 0 Å². The number of benzene rings is 1. The molecule has 0 bridgehead atoms. The van der Waals surface area contributed by atoms with E-state index >= 15 is 0 Å². The molecule has 1 N–H and O–H groups in total. The molecule has 0 amide bonds. The summed E-state index contributed by atoms with van der Waals surface area (Å²) in [6.45, 7) is 2.39. The minimum absolute atomic E-state index is 0.252. The maximum atomic E-state index is 6.18. The Hall–Kier alpha value is -2.34. The van der Waals surface area contributed by atoms with Crippen molar-refractivity contribution in [2.24, 2.45) is 12.0 Å². The Morgan fingerprint density at radius 3 is 3.04 bits per heavy atom. The third-order valence-corrected chi connectivity index (χ3v) is 4.99. The van der Waals surface area contributed by atoms with Crippen molar-refractivity contribution in [2.45, 2.75) is 38.3 Å². The van der Waals surface area contributed by atoms with E-state index in [2.05, 4.69) is 44.6 Å². The van der Waals surface area contributed by atoms with Crippen LogP contribution in [-0.2, 0) is 24.8 Å². The van der Waals surface area contributed by atoms with Gasteiger partial charge in [0.1, 0.15) is 0 Å². The van der Waals surface area contributed by atoms with E-state index in [1.165, 1.54) is 29.5 Å². The number of aliphatic imine (C=N–C) groups is 1. The number of aryl methyl sites for hydroxylation is 2. The zero-order chi connectivity index (χ0) is 19.1. The summed E-state index contributed by atoms with van der Waals surface area (Å²) in [4.78, 5) is 6.48. The second-order valence-electron chi connectivity index (χ2n) is 7.16. The number of hydrogen-bond acceptors (Lipinski definition) is 3. The van der Waals surface area contributed by atoms with Crippen LogP contribution < -0.4 is 5.32 Å². The Morgan fingerprint density at radius 2 is 2.26 bits per heavy atom. The summed E-state index contributed by atoms with van der Waals surface area (Å²) >= 11 is 0. The molecule has 6 heteroatoms. The van der Waals surface area contributed by atoms with Gasteiger partial charge in [0.25, 0.3) is 0 Å². The lowest BCUT2D eigenvalue weighted by atomic mass is 9.89. The van der Waals surface area contributed by atoms with Crippen molar-refractivity contribution in [1.82, 2.24) is 20.0 Å². The monoisotopic (exact) mass is 369 g/mol. The number of hydrogen-bond donors (Lipinski definition) is 1. The molecule has 0 saturated carbocycles. The third-order valence-electron chi connectivity index (χ3n) is 4.99. The van der Waals surface area contributed by atoms with E-state index in [0.29, 0.717) is 0 Å². The highest BCUT2D eigenvalue weighted by Crippen LogP contribution is 2.32. The molecule has 1 unspecified atom stereocenters. The van der Waals surface area contributed by atoms with Crippen molar-refractivity contribution in [3.8, 4) is 0 Å². The average Bonchev–Trinajstić information content (AvgIpc) is 3.09. The predicted octanol–water partition coefficient (Wildman–Crippen LogP) is 2.91. The van der Waals surface area contributed by atoms with Crippen LogP contribution in [0.25, 0.3) is 0 Å². The lowest BCUT2D eigenvalue weighted by molar-refractivity contribution is 0.0397. The minimum Gasteiger partial charge on any atom is -0.373 e. The molecule has 6 nitrogen and oxygen atoms in total. The molecule has 2 aromatic rings. The Kier molecular flexibility index (Phi) is 6.87. The summed E-state index contributed by atoms with van der Waals surface area (Å²) in [6.07, 6.45) is 8.64. The lowest BCUT2D eigenvalue weighted by Crippen LogP contribution is -2.39. The molecule has 1 aromatic carbocycles. The zero-order valence-corrected chi connectivity index (χ0v) is 16.7. The van der Waals surface area contributed by atoms with Gasteiger partial charge in [-0.1, -0.05) is 24.3 Å². The van der Waals surface area contributed by atoms with Crippen molar-refractivity contribution in [3.63, 3.8) is 0 Å². The van der Waals surface area contributed by atoms with Gasteiger partial charge >= 0.3 is 0 Å². The van der Waals surface area contributed by atoms with Crippen LogP contribution in [0.1, 0.15) is 42.1 Å². The zero-order valence-electron chi connectivity index (χ0n) is 16.7. The minimum atomic E-state index is 0.252. The Morgan fingerprint density at radius 1 is 1.41 bits per heavy atom. The smallest absolute Gasteiger partial charge is 0.193 e. The average molecular weight is 370 g/mol. The van der Waals surface area contributed by atoms with Crippen LogP contribution in [-0.4, -0.2) is 47.9 Å². The molecule has 1 atom stereocenters. The van der Waals surface area contributed by atoms with Crippen molar-refractivity contribution in [3.05, 3.63) is 53.3 Å². The molecule has 1 heterocycles. The fourth-order valence-corrected chi connectivity index (χ4v) is 3.67. The van der Waals surface area contributed by atoms with Gasteiger partial charge in [0.05, 0.1) is 12.3 Å². The van der Waals surface area contributed by atoms with Gasteiger partial charge in [0, 0.05) is 52.6 Å². The highest BCUT2D eigenvalue weighted by atomic mass is 16.5. The molecule has 1 aromatic heterocycles. The van der Waals surface area contributed by atoms with Crippen molar-refractivity contribution >= 4 is 5.96 Å². The number of nitrogens with zero attached hydrogens (tertiary/aromatic N) is 4. The van der Waals surface area contributed by atoms with Crippen LogP contribution in [0.4, 0.5) is 0 Å². The fraction of sp³-hybridized carbons (Fsp3) is 0.524. The molecule has 0 spiro atoms. The molecule has 27 heavy (non-hydrogen) atoms. The van der Waals surface area contributed by atoms with Crippen LogP contribution in [0, 0.1) is 0 Å². The highest BCUT2D eigenvalue weighted by molar-refractivity contribution is 5.79. The topological polar surface area (TPSA) is 54.7 Å². The number of rotatable bonds is 7. The van der Waals surface area contributed by atoms with Gasteiger partial charge in [-0.25, -0.2) is 0 Å². The first-order chi connectivity index (χ1) is 13.2. The van der Waals surface area contributed by atoms with Crippen LogP contribution in [0.15, 0.2) is 41.7 Å². The van der Waals surface area contributed by atoms with Crippen molar-refractivity contribution in [1.29, 1.82) is 0 Å². The summed E-state index contributed by atoms with van der Waals surface area (Å²) < 4.78 is 8.00. The van der Waals surface area contributed by atoms with Crippen LogP contribution in [0.2, 0.25) is 0 Å². The third kappa shape index (κ3) is 5.32. The molecule has 0 radical (unpaired) electrons. The van der Waals surface area contributed by atoms with Crippen molar-refractivity contribution in [2.75, 3.05) is 27.2 Å². The lowest BCUT2D eigenvalue weighted by Gasteiger charge is -2.26. The van der Waals surface area contributed by atoms with Gasteiger partial charge < -0.3 is 15.0 Å². The maximum absolute atomic E-state index is 6.18. The quantitative estimate of drug-likeness (QED) is 0.463. The summed E-state index contributed by atoms with van der Waals surface area (Å²) in [7, 11) is 5.79. The summed E-state index contributed by atoms with van der Waals surface area (Å²) in [6, 6.07) is 8.68. The molecule has 146 valence electrons. The van der Waals surface area contributed by atoms with Gasteiger partial charge in [-0.3, -0.25) is 9.67 Å². The summed E-state index contributed by atoms with van der Waals surface area (Å²) in [5, 5.41) is 7.64. The first-order valence-electron chi connectivity index (χ1n) is 9.76. The Balaban J connectivity index is 1.39. The molecule has 1 aliphatic carbocycles. The highest BCUT2D eigenvalue weighted by Gasteiger charge is 2.19. The van der Waals surface area contributed by atoms with Crippen LogP contribution >= 0.6 is 0 Å². The fourth-order valence-electron chi connectivity index (χ4n) is 3.67. The van der Waals surface area contributed by atoms with E-state index in [4.69, 9.17) is 4.74 Å². The normalized spacial score (nSPS) is 16.9. The number of aromatic nitrogens is 2. The van der Waals surface area contributed by atoms with E-state index < -0.39 is 0 Å². The van der Waals surface area contributed by atoms with E-state index in [0.717, 1.165) is 38.5 Å². The van der Waals surface area contributed by atoms with E-state index in [9.17, 15) is 0 Å². The standard InChI is InChI=1S/C21H31N5O/c1-22-21(25(2)15-17-14-24-26(3)16-17)23-12-7-13-27-20-11-6-9-18-8-4-5-10-19(18)20/h4-5,8,10,14,16,20H,6-7,9,11-13,15H2,1-3H3,(H,22,23). The second kappa shape index (κ2) is 9.55. The first-order valence-corrected chi connectivity index (χ1v) is 9.76. The Labute approximate surface area is 162 Å².